The van der Waals surface area contributed by atoms with E-state index >= 15 is 0 Å². The van der Waals surface area contributed by atoms with E-state index in [4.69, 9.17) is 0 Å². The topological polar surface area (TPSA) is 0 Å². The summed E-state index contributed by atoms with van der Waals surface area (Å²) in [5, 5.41) is 2.17. The third kappa shape index (κ3) is 2.58. The summed E-state index contributed by atoms with van der Waals surface area (Å²) >= 11 is 3.58. The van der Waals surface area contributed by atoms with Crippen molar-refractivity contribution in [2.45, 2.75) is 11.8 Å². The van der Waals surface area contributed by atoms with Gasteiger partial charge in [0.15, 0.2) is 0 Å². The molecule has 0 aliphatic carbocycles. The molecule has 1 atom stereocenters. The lowest BCUT2D eigenvalue weighted by Crippen LogP contribution is -2.00. The Morgan fingerprint density at radius 3 is 2.48 bits per heavy atom. The van der Waals surface area contributed by atoms with E-state index in [-0.39, 0.29) is 4.83 Å². The maximum atomic E-state index is 14.0. The molecule has 0 saturated heterocycles. The first kappa shape index (κ1) is 14.2. The minimum absolute atomic E-state index is 0.316. The molecule has 0 fully saturated rings. The highest BCUT2D eigenvalue weighted by Crippen LogP contribution is 2.38. The molecule has 3 aromatic carbocycles. The van der Waals surface area contributed by atoms with E-state index in [1.54, 1.807) is 0 Å². The third-order valence-corrected chi connectivity index (χ3v) is 4.63. The summed E-state index contributed by atoms with van der Waals surface area (Å²) in [5.74, 6) is -1.10. The van der Waals surface area contributed by atoms with Gasteiger partial charge in [-0.05, 0) is 34.9 Å². The van der Waals surface area contributed by atoms with Crippen molar-refractivity contribution in [2.75, 3.05) is 0 Å². The van der Waals surface area contributed by atoms with Crippen LogP contribution in [0.25, 0.3) is 10.8 Å². The molecule has 3 rings (SSSR count). The second-order valence-electron chi connectivity index (χ2n) is 5.05. The lowest BCUT2D eigenvalue weighted by atomic mass is 9.94. The predicted molar refractivity (Wildman–Crippen MR) is 85.8 cm³/mol. The van der Waals surface area contributed by atoms with Gasteiger partial charge in [-0.15, -0.1) is 0 Å². The van der Waals surface area contributed by atoms with Crippen molar-refractivity contribution >= 4 is 26.7 Å². The average molecular weight is 347 g/mol. The largest absolute Gasteiger partial charge is 0.207 e. The van der Waals surface area contributed by atoms with Gasteiger partial charge < -0.3 is 0 Å². The van der Waals surface area contributed by atoms with Crippen molar-refractivity contribution in [3.05, 3.63) is 82.9 Å². The highest BCUT2D eigenvalue weighted by atomic mass is 79.9. The first-order valence-corrected chi connectivity index (χ1v) is 7.57. The molecule has 106 valence electrons. The Bertz CT molecular complexity index is 811. The third-order valence-electron chi connectivity index (χ3n) is 3.68. The van der Waals surface area contributed by atoms with Gasteiger partial charge in [-0.25, -0.2) is 8.78 Å². The van der Waals surface area contributed by atoms with E-state index in [2.05, 4.69) is 22.0 Å². The average Bonchev–Trinajstić information content (AvgIpc) is 2.46. The maximum absolute atomic E-state index is 14.0. The maximum Gasteiger partial charge on any atom is 0.130 e. The Balaban J connectivity index is 2.21. The molecule has 0 spiro atoms. The number of alkyl halides is 1. The second-order valence-corrected chi connectivity index (χ2v) is 5.96. The fraction of sp³-hybridized carbons (Fsp3) is 0.111. The van der Waals surface area contributed by atoms with Crippen LogP contribution in [-0.2, 0) is 0 Å². The van der Waals surface area contributed by atoms with Crippen LogP contribution in [0, 0.1) is 18.6 Å². The van der Waals surface area contributed by atoms with Crippen LogP contribution in [0.2, 0.25) is 0 Å². The van der Waals surface area contributed by atoms with Gasteiger partial charge in [-0.1, -0.05) is 58.4 Å². The smallest absolute Gasteiger partial charge is 0.130 e. The van der Waals surface area contributed by atoms with Crippen molar-refractivity contribution in [1.29, 1.82) is 0 Å². The normalized spacial score (nSPS) is 12.6. The van der Waals surface area contributed by atoms with Crippen LogP contribution >= 0.6 is 15.9 Å². The Morgan fingerprint density at radius 1 is 0.952 bits per heavy atom. The van der Waals surface area contributed by atoms with Crippen molar-refractivity contribution in [3.8, 4) is 0 Å². The van der Waals surface area contributed by atoms with Gasteiger partial charge >= 0.3 is 0 Å². The molecular weight excluding hydrogens is 334 g/mol. The summed E-state index contributed by atoms with van der Waals surface area (Å²) in [7, 11) is 0. The monoisotopic (exact) mass is 346 g/mol. The Morgan fingerprint density at radius 2 is 1.71 bits per heavy atom. The number of fused-ring (bicyclic) bond motifs is 1. The zero-order valence-electron chi connectivity index (χ0n) is 11.4. The molecule has 21 heavy (non-hydrogen) atoms. The molecule has 3 heteroatoms. The van der Waals surface area contributed by atoms with Gasteiger partial charge in [0, 0.05) is 11.6 Å². The number of halogens is 3. The van der Waals surface area contributed by atoms with Gasteiger partial charge in [0.2, 0.25) is 0 Å². The molecule has 0 radical (unpaired) electrons. The summed E-state index contributed by atoms with van der Waals surface area (Å²) < 4.78 is 27.1. The summed E-state index contributed by atoms with van der Waals surface area (Å²) in [6, 6.07) is 15.8. The summed E-state index contributed by atoms with van der Waals surface area (Å²) in [6.07, 6.45) is 0. The molecule has 3 aromatic rings. The minimum atomic E-state index is -0.564. The van der Waals surface area contributed by atoms with Crippen LogP contribution in [-0.4, -0.2) is 0 Å². The molecule has 0 heterocycles. The van der Waals surface area contributed by atoms with E-state index in [1.807, 2.05) is 37.3 Å². The Kier molecular flexibility index (Phi) is 3.77. The highest BCUT2D eigenvalue weighted by molar-refractivity contribution is 9.09. The van der Waals surface area contributed by atoms with Crippen LogP contribution in [0.5, 0.6) is 0 Å². The quantitative estimate of drug-likeness (QED) is 0.506. The molecule has 0 N–H and O–H groups in total. The lowest BCUT2D eigenvalue weighted by Gasteiger charge is -2.17. The van der Waals surface area contributed by atoms with Crippen LogP contribution in [0.15, 0.2) is 54.6 Å². The van der Waals surface area contributed by atoms with Gasteiger partial charge in [0.25, 0.3) is 0 Å². The minimum Gasteiger partial charge on any atom is -0.207 e. The highest BCUT2D eigenvalue weighted by Gasteiger charge is 2.19. The summed E-state index contributed by atoms with van der Waals surface area (Å²) in [4.78, 5) is -0.316. The molecule has 0 aliphatic heterocycles. The fourth-order valence-corrected chi connectivity index (χ4v) is 3.58. The number of rotatable bonds is 2. The van der Waals surface area contributed by atoms with Gasteiger partial charge in [0.05, 0.1) is 4.83 Å². The summed E-state index contributed by atoms with van der Waals surface area (Å²) in [5.41, 5.74) is 2.52. The predicted octanol–water partition coefficient (Wildman–Crippen LogP) is 5.91. The van der Waals surface area contributed by atoms with Crippen molar-refractivity contribution < 1.29 is 8.78 Å². The summed E-state index contributed by atoms with van der Waals surface area (Å²) in [6.45, 7) is 2.00. The SMILES string of the molecule is Cc1ccc2ccccc2c1C(Br)c1ccc(F)cc1F. The molecule has 0 aliphatic rings. The van der Waals surface area contributed by atoms with Crippen LogP contribution in [0.4, 0.5) is 8.78 Å². The zero-order valence-corrected chi connectivity index (χ0v) is 13.0. The van der Waals surface area contributed by atoms with E-state index in [1.165, 1.54) is 12.1 Å². The molecule has 1 unspecified atom stereocenters. The van der Waals surface area contributed by atoms with E-state index < -0.39 is 11.6 Å². The first-order chi connectivity index (χ1) is 10.1. The number of hydrogen-bond donors (Lipinski definition) is 0. The molecule has 0 saturated carbocycles. The standard InChI is InChI=1S/C18H13BrF2/c1-11-6-7-12-4-2-3-5-14(12)17(11)18(19)15-9-8-13(20)10-16(15)21/h2-10,18H,1H3. The Hall–Kier alpha value is -1.74. The van der Waals surface area contributed by atoms with Gasteiger partial charge in [0.1, 0.15) is 11.6 Å². The lowest BCUT2D eigenvalue weighted by molar-refractivity contribution is 0.574. The molecule has 0 nitrogen and oxygen atoms in total. The zero-order chi connectivity index (χ0) is 15.0. The van der Waals surface area contributed by atoms with Crippen LogP contribution in [0.1, 0.15) is 21.5 Å². The fourth-order valence-electron chi connectivity index (χ4n) is 2.60. The van der Waals surface area contributed by atoms with Gasteiger partial charge in [-0.2, -0.15) is 0 Å². The van der Waals surface area contributed by atoms with Crippen molar-refractivity contribution in [3.63, 3.8) is 0 Å². The molecule has 0 aromatic heterocycles. The molecule has 0 bridgehead atoms. The Labute approximate surface area is 130 Å². The number of benzene rings is 3. The van der Waals surface area contributed by atoms with Crippen LogP contribution < -0.4 is 0 Å². The molecular formula is C18H13BrF2. The van der Waals surface area contributed by atoms with E-state index in [0.29, 0.717) is 5.56 Å². The van der Waals surface area contributed by atoms with Crippen molar-refractivity contribution in [2.24, 2.45) is 0 Å². The van der Waals surface area contributed by atoms with E-state index in [0.717, 1.165) is 28.0 Å². The molecule has 0 amide bonds. The van der Waals surface area contributed by atoms with Crippen molar-refractivity contribution in [1.82, 2.24) is 0 Å². The second kappa shape index (κ2) is 5.57. The van der Waals surface area contributed by atoms with E-state index in [9.17, 15) is 8.78 Å². The number of hydrogen-bond acceptors (Lipinski definition) is 0. The number of aryl methyl sites for hydroxylation is 1. The van der Waals surface area contributed by atoms with Crippen LogP contribution in [0.3, 0.4) is 0 Å². The van der Waals surface area contributed by atoms with Gasteiger partial charge in [-0.3, -0.25) is 0 Å². The first-order valence-electron chi connectivity index (χ1n) is 6.65.